The molecule has 4 rings (SSSR count). The van der Waals surface area contributed by atoms with E-state index >= 15 is 0 Å². The van der Waals surface area contributed by atoms with Gasteiger partial charge in [-0.3, -0.25) is 14.1 Å². The van der Waals surface area contributed by atoms with Crippen molar-refractivity contribution in [2.75, 3.05) is 4.31 Å². The van der Waals surface area contributed by atoms with E-state index in [0.717, 1.165) is 22.2 Å². The lowest BCUT2D eigenvalue weighted by Gasteiger charge is -2.41. The van der Waals surface area contributed by atoms with E-state index in [1.54, 1.807) is 6.20 Å². The highest BCUT2D eigenvalue weighted by molar-refractivity contribution is 7.86. The molecule has 1 N–H and O–H groups in total. The topological polar surface area (TPSA) is 70.5 Å². The Balaban J connectivity index is 1.77. The molecule has 0 bridgehead atoms. The number of hydrogen-bond donors (Lipinski definition) is 1. The van der Waals surface area contributed by atoms with Crippen LogP contribution in [-0.2, 0) is 15.8 Å². The number of pyridine rings is 1. The fourth-order valence-electron chi connectivity index (χ4n) is 3.44. The number of benzene rings is 2. The second kappa shape index (κ2) is 7.12. The van der Waals surface area contributed by atoms with Crippen LogP contribution in [0.1, 0.15) is 18.4 Å². The molecule has 5 nitrogen and oxygen atoms in total. The number of aliphatic carboxylic acids is 1. The van der Waals surface area contributed by atoms with Gasteiger partial charge in [0.15, 0.2) is 11.0 Å². The number of anilines is 1. The molecule has 0 amide bonds. The molecule has 1 aliphatic rings. The van der Waals surface area contributed by atoms with Gasteiger partial charge in [-0.05, 0) is 44.0 Å². The summed E-state index contributed by atoms with van der Waals surface area (Å²) < 4.78 is 15.3. The predicted octanol–water partition coefficient (Wildman–Crippen LogP) is 3.94. The van der Waals surface area contributed by atoms with Gasteiger partial charge < -0.3 is 5.11 Å². The number of aromatic nitrogens is 1. The van der Waals surface area contributed by atoms with Crippen molar-refractivity contribution in [1.29, 1.82) is 0 Å². The Morgan fingerprint density at radius 3 is 2.52 bits per heavy atom. The Labute approximate surface area is 160 Å². The SMILES string of the molecule is Cc1ccc(S(=O)N(c2cccc3cccnc23)C2CC(C(=O)O)C2)cc1. The van der Waals surface area contributed by atoms with Crippen molar-refractivity contribution in [2.24, 2.45) is 5.92 Å². The number of carboxylic acid groups (broad SMARTS) is 1. The highest BCUT2D eigenvalue weighted by Gasteiger charge is 2.41. The summed E-state index contributed by atoms with van der Waals surface area (Å²) in [5.41, 5.74) is 2.66. The van der Waals surface area contributed by atoms with Crippen LogP contribution in [0.4, 0.5) is 5.69 Å². The number of carboxylic acids is 1. The molecule has 1 saturated carbocycles. The van der Waals surface area contributed by atoms with Crippen molar-refractivity contribution in [3.8, 4) is 0 Å². The molecule has 1 aromatic heterocycles. The monoisotopic (exact) mass is 380 g/mol. The zero-order valence-electron chi connectivity index (χ0n) is 14.9. The quantitative estimate of drug-likeness (QED) is 0.728. The number of fused-ring (bicyclic) bond motifs is 1. The average molecular weight is 380 g/mol. The van der Waals surface area contributed by atoms with E-state index < -0.39 is 17.0 Å². The lowest BCUT2D eigenvalue weighted by Crippen LogP contribution is -2.48. The van der Waals surface area contributed by atoms with Crippen LogP contribution in [0, 0.1) is 12.8 Å². The lowest BCUT2D eigenvalue weighted by atomic mass is 9.80. The summed E-state index contributed by atoms with van der Waals surface area (Å²) in [5.74, 6) is -1.17. The van der Waals surface area contributed by atoms with Gasteiger partial charge in [0.2, 0.25) is 0 Å². The molecule has 1 unspecified atom stereocenters. The van der Waals surface area contributed by atoms with E-state index in [-0.39, 0.29) is 12.0 Å². The molecule has 1 atom stereocenters. The number of rotatable bonds is 5. The van der Waals surface area contributed by atoms with Crippen LogP contribution < -0.4 is 4.31 Å². The molecule has 138 valence electrons. The maximum absolute atomic E-state index is 13.5. The molecule has 1 heterocycles. The van der Waals surface area contributed by atoms with Gasteiger partial charge in [0, 0.05) is 17.6 Å². The van der Waals surface area contributed by atoms with Gasteiger partial charge in [0.25, 0.3) is 0 Å². The molecule has 6 heteroatoms. The minimum absolute atomic E-state index is 0.0964. The van der Waals surface area contributed by atoms with E-state index in [2.05, 4.69) is 4.98 Å². The van der Waals surface area contributed by atoms with Crippen LogP contribution in [0.3, 0.4) is 0 Å². The third-order valence-electron chi connectivity index (χ3n) is 5.04. The van der Waals surface area contributed by atoms with Crippen molar-refractivity contribution in [3.05, 3.63) is 66.4 Å². The van der Waals surface area contributed by atoms with Crippen LogP contribution in [-0.4, -0.2) is 26.3 Å². The van der Waals surface area contributed by atoms with Crippen LogP contribution in [0.5, 0.6) is 0 Å². The Kier molecular flexibility index (Phi) is 4.66. The highest BCUT2D eigenvalue weighted by Crippen LogP contribution is 2.39. The Morgan fingerprint density at radius 1 is 1.11 bits per heavy atom. The zero-order valence-corrected chi connectivity index (χ0v) is 15.7. The number of para-hydroxylation sites is 1. The number of carbonyl (C=O) groups is 1. The van der Waals surface area contributed by atoms with E-state index in [1.807, 2.05) is 65.8 Å². The standard InChI is InChI=1S/C21H20N2O3S/c1-14-7-9-18(10-8-14)27(26)23(17-12-16(13-17)21(24)25)19-6-2-4-15-5-3-11-22-20(15)19/h2-11,16-17H,12-13H2,1H3,(H,24,25). The molecule has 2 aromatic carbocycles. The molecule has 0 spiro atoms. The van der Waals surface area contributed by atoms with E-state index in [9.17, 15) is 14.1 Å². The van der Waals surface area contributed by atoms with Gasteiger partial charge in [-0.2, -0.15) is 0 Å². The van der Waals surface area contributed by atoms with Crippen molar-refractivity contribution in [3.63, 3.8) is 0 Å². The molecule has 1 aliphatic carbocycles. The summed E-state index contributed by atoms with van der Waals surface area (Å²) >= 11 is 0. The van der Waals surface area contributed by atoms with Gasteiger partial charge in [0.1, 0.15) is 0 Å². The summed E-state index contributed by atoms with van der Waals surface area (Å²) in [7, 11) is -1.44. The lowest BCUT2D eigenvalue weighted by molar-refractivity contribution is -0.144. The fourth-order valence-corrected chi connectivity index (χ4v) is 4.80. The second-order valence-electron chi connectivity index (χ2n) is 6.90. The van der Waals surface area contributed by atoms with Gasteiger partial charge in [0.05, 0.1) is 22.0 Å². The first-order chi connectivity index (χ1) is 13.0. The summed E-state index contributed by atoms with van der Waals surface area (Å²) in [5, 5.41) is 10.2. The van der Waals surface area contributed by atoms with Gasteiger partial charge in [-0.1, -0.05) is 35.9 Å². The van der Waals surface area contributed by atoms with Crippen molar-refractivity contribution in [1.82, 2.24) is 4.98 Å². The molecular weight excluding hydrogens is 360 g/mol. The summed E-state index contributed by atoms with van der Waals surface area (Å²) in [6.45, 7) is 1.99. The molecule has 0 saturated heterocycles. The third kappa shape index (κ3) is 3.32. The summed E-state index contributed by atoms with van der Waals surface area (Å²) in [6, 6.07) is 17.2. The maximum atomic E-state index is 13.5. The minimum Gasteiger partial charge on any atom is -0.481 e. The van der Waals surface area contributed by atoms with Gasteiger partial charge >= 0.3 is 5.97 Å². The van der Waals surface area contributed by atoms with Crippen LogP contribution in [0.2, 0.25) is 0 Å². The fraction of sp³-hybridized carbons (Fsp3) is 0.238. The Hall–Kier alpha value is -2.73. The zero-order chi connectivity index (χ0) is 19.0. The molecule has 0 aliphatic heterocycles. The number of aryl methyl sites for hydroxylation is 1. The van der Waals surface area contributed by atoms with E-state index in [0.29, 0.717) is 17.7 Å². The first-order valence-electron chi connectivity index (χ1n) is 8.89. The molecule has 1 fully saturated rings. The van der Waals surface area contributed by atoms with Crippen molar-refractivity contribution < 1.29 is 14.1 Å². The van der Waals surface area contributed by atoms with E-state index in [1.165, 1.54) is 0 Å². The second-order valence-corrected chi connectivity index (χ2v) is 8.26. The normalized spacial score (nSPS) is 20.0. The van der Waals surface area contributed by atoms with E-state index in [4.69, 9.17) is 0 Å². The van der Waals surface area contributed by atoms with Crippen LogP contribution in [0.15, 0.2) is 65.7 Å². The highest BCUT2D eigenvalue weighted by atomic mass is 32.2. The summed E-state index contributed by atoms with van der Waals surface area (Å²) in [4.78, 5) is 16.5. The maximum Gasteiger partial charge on any atom is 0.306 e. The van der Waals surface area contributed by atoms with Crippen molar-refractivity contribution >= 4 is 33.5 Å². The molecule has 27 heavy (non-hydrogen) atoms. The molecular formula is C21H20N2O3S. The van der Waals surface area contributed by atoms with Crippen molar-refractivity contribution in [2.45, 2.75) is 30.7 Å². The summed E-state index contributed by atoms with van der Waals surface area (Å²) in [6.07, 6.45) is 2.69. The first-order valence-corrected chi connectivity index (χ1v) is 9.99. The number of hydrogen-bond acceptors (Lipinski definition) is 3. The van der Waals surface area contributed by atoms with Crippen LogP contribution in [0.25, 0.3) is 10.9 Å². The van der Waals surface area contributed by atoms with Gasteiger partial charge in [-0.15, -0.1) is 0 Å². The molecule has 3 aromatic rings. The number of nitrogens with zero attached hydrogens (tertiary/aromatic N) is 2. The smallest absolute Gasteiger partial charge is 0.306 e. The van der Waals surface area contributed by atoms with Gasteiger partial charge in [-0.25, -0.2) is 4.21 Å². The minimum atomic E-state index is -1.44. The Bertz CT molecular complexity index is 1010. The third-order valence-corrected chi connectivity index (χ3v) is 6.57. The predicted molar refractivity (Wildman–Crippen MR) is 106 cm³/mol. The van der Waals surface area contributed by atoms with Crippen LogP contribution >= 0.6 is 0 Å². The average Bonchev–Trinajstić information content (AvgIpc) is 2.63. The molecule has 0 radical (unpaired) electrons. The first kappa shape index (κ1) is 17.7. The Morgan fingerprint density at radius 2 is 1.81 bits per heavy atom. The largest absolute Gasteiger partial charge is 0.481 e.